The van der Waals surface area contributed by atoms with Gasteiger partial charge in [0.05, 0.1) is 11.2 Å². The van der Waals surface area contributed by atoms with E-state index in [1.165, 1.54) is 37.7 Å². The lowest BCUT2D eigenvalue weighted by Gasteiger charge is -2.54. The second-order valence-corrected chi connectivity index (χ2v) is 11.3. The summed E-state index contributed by atoms with van der Waals surface area (Å²) in [5.41, 5.74) is 2.07. The molecule has 0 atom stereocenters. The zero-order chi connectivity index (χ0) is 22.0. The van der Waals surface area contributed by atoms with Crippen molar-refractivity contribution in [2.75, 3.05) is 0 Å². The third-order valence-electron chi connectivity index (χ3n) is 8.84. The van der Waals surface area contributed by atoms with Gasteiger partial charge in [-0.25, -0.2) is 4.79 Å². The van der Waals surface area contributed by atoms with Crippen LogP contribution in [0, 0.1) is 12.8 Å². The summed E-state index contributed by atoms with van der Waals surface area (Å²) in [6.45, 7) is 10.6. The van der Waals surface area contributed by atoms with Crippen molar-refractivity contribution in [3.63, 3.8) is 0 Å². The van der Waals surface area contributed by atoms with Crippen molar-refractivity contribution < 1.29 is 13.7 Å². The molecular weight excluding hydrogens is 387 g/mol. The first kappa shape index (κ1) is 21.3. The van der Waals surface area contributed by atoms with E-state index in [2.05, 4.69) is 45.9 Å². The van der Waals surface area contributed by atoms with Crippen LogP contribution in [0.4, 0.5) is 0 Å². The minimum absolute atomic E-state index is 0.0819. The van der Waals surface area contributed by atoms with Crippen molar-refractivity contribution in [2.24, 2.45) is 5.92 Å². The summed E-state index contributed by atoms with van der Waals surface area (Å²) in [7, 11) is -0.141. The number of rotatable bonds is 3. The molecule has 31 heavy (non-hydrogen) atoms. The highest BCUT2D eigenvalue weighted by Gasteiger charge is 2.65. The van der Waals surface area contributed by atoms with E-state index in [4.69, 9.17) is 13.7 Å². The van der Waals surface area contributed by atoms with Crippen LogP contribution in [0.1, 0.15) is 89.7 Å². The molecule has 1 aromatic carbocycles. The smallest absolute Gasteiger partial charge is 0.423 e. The zero-order valence-electron chi connectivity index (χ0n) is 19.6. The van der Waals surface area contributed by atoms with Crippen molar-refractivity contribution in [3.05, 3.63) is 45.8 Å². The molecule has 2 aromatic rings. The van der Waals surface area contributed by atoms with Gasteiger partial charge in [-0.1, -0.05) is 44.2 Å². The van der Waals surface area contributed by atoms with Gasteiger partial charge in [0, 0.05) is 16.8 Å². The first-order valence-electron chi connectivity index (χ1n) is 12.0. The molecule has 5 rings (SSSR count). The molecule has 0 bridgehead atoms. The molecule has 0 unspecified atom stereocenters. The topological polar surface area (TPSA) is 48.7 Å². The Bertz CT molecular complexity index is 1030. The summed E-state index contributed by atoms with van der Waals surface area (Å²) in [4.78, 5) is 11.9. The SMILES string of the molecule is Cc1cc(=O)oc2cc(C3CC(B4OC(C)(C)C(C)(C)O4)(C4CCCCC4)C3)ccc12. The van der Waals surface area contributed by atoms with Gasteiger partial charge in [0.15, 0.2) is 0 Å². The molecule has 2 saturated carbocycles. The van der Waals surface area contributed by atoms with Crippen molar-refractivity contribution >= 4 is 18.1 Å². The lowest BCUT2D eigenvalue weighted by molar-refractivity contribution is 0.00578. The van der Waals surface area contributed by atoms with Crippen LogP contribution < -0.4 is 5.63 Å². The summed E-state index contributed by atoms with van der Waals surface area (Å²) in [5, 5.41) is 1.10. The Labute approximate surface area is 185 Å². The molecule has 4 nitrogen and oxygen atoms in total. The van der Waals surface area contributed by atoms with E-state index in [9.17, 15) is 4.79 Å². The maximum Gasteiger partial charge on any atom is 0.464 e. The Morgan fingerprint density at radius 3 is 2.23 bits per heavy atom. The van der Waals surface area contributed by atoms with Crippen LogP contribution in [0.15, 0.2) is 33.5 Å². The second-order valence-electron chi connectivity index (χ2n) is 11.3. The molecule has 0 N–H and O–H groups in total. The van der Waals surface area contributed by atoms with E-state index in [0.29, 0.717) is 17.4 Å². The van der Waals surface area contributed by atoms with Gasteiger partial charge in [-0.15, -0.1) is 0 Å². The molecule has 3 fully saturated rings. The predicted molar refractivity (Wildman–Crippen MR) is 125 cm³/mol. The van der Waals surface area contributed by atoms with Crippen LogP contribution in [0.2, 0.25) is 5.31 Å². The summed E-state index contributed by atoms with van der Waals surface area (Å²) in [5.74, 6) is 1.11. The molecule has 0 radical (unpaired) electrons. The van der Waals surface area contributed by atoms with Crippen molar-refractivity contribution in [1.82, 2.24) is 0 Å². The molecule has 1 saturated heterocycles. The summed E-state index contributed by atoms with van der Waals surface area (Å²) < 4.78 is 18.8. The molecule has 3 aliphatic rings. The van der Waals surface area contributed by atoms with Gasteiger partial charge < -0.3 is 13.7 Å². The fourth-order valence-corrected chi connectivity index (χ4v) is 6.16. The minimum atomic E-state index is -0.297. The maximum absolute atomic E-state index is 11.9. The number of fused-ring (bicyclic) bond motifs is 1. The summed E-state index contributed by atoms with van der Waals surface area (Å²) in [6, 6.07) is 7.98. The molecular formula is C26H35BO4. The fourth-order valence-electron chi connectivity index (χ4n) is 6.16. The van der Waals surface area contributed by atoms with Crippen LogP contribution in [-0.4, -0.2) is 18.3 Å². The Morgan fingerprint density at radius 1 is 0.935 bits per heavy atom. The third-order valence-corrected chi connectivity index (χ3v) is 8.84. The second kappa shape index (κ2) is 7.21. The average Bonchev–Trinajstić information content (AvgIpc) is 2.89. The van der Waals surface area contributed by atoms with Crippen molar-refractivity contribution in [3.8, 4) is 0 Å². The number of hydrogen-bond donors (Lipinski definition) is 0. The van der Waals surface area contributed by atoms with E-state index in [1.807, 2.05) is 6.92 Å². The van der Waals surface area contributed by atoms with Crippen molar-refractivity contribution in [1.29, 1.82) is 0 Å². The molecule has 166 valence electrons. The normalized spacial score (nSPS) is 30.5. The van der Waals surface area contributed by atoms with Gasteiger partial charge in [-0.3, -0.25) is 0 Å². The Hall–Kier alpha value is -1.59. The Kier molecular flexibility index (Phi) is 4.95. The standard InChI is InChI=1S/C26H35BO4/c1-17-13-23(28)29-22-14-18(11-12-21(17)22)19-15-26(16-19,20-9-7-6-8-10-20)27-30-24(2,3)25(4,5)31-27/h11-14,19-20H,6-10,15-16H2,1-5H3. The van der Waals surface area contributed by atoms with E-state index in [0.717, 1.165) is 23.8 Å². The van der Waals surface area contributed by atoms with Crippen LogP contribution in [-0.2, 0) is 9.31 Å². The van der Waals surface area contributed by atoms with E-state index < -0.39 is 0 Å². The van der Waals surface area contributed by atoms with E-state index in [1.54, 1.807) is 6.07 Å². The van der Waals surface area contributed by atoms with Crippen LogP contribution >= 0.6 is 0 Å². The molecule has 1 aliphatic heterocycles. The van der Waals surface area contributed by atoms with Gasteiger partial charge in [0.25, 0.3) is 0 Å². The predicted octanol–water partition coefficient (Wildman–Crippen LogP) is 6.39. The quantitative estimate of drug-likeness (QED) is 0.425. The third kappa shape index (κ3) is 3.40. The van der Waals surface area contributed by atoms with Crippen molar-refractivity contribution in [2.45, 2.75) is 102 Å². The largest absolute Gasteiger partial charge is 0.464 e. The van der Waals surface area contributed by atoms with Crippen LogP contribution in [0.5, 0.6) is 0 Å². The monoisotopic (exact) mass is 422 g/mol. The highest BCUT2D eigenvalue weighted by Crippen LogP contribution is 2.67. The van der Waals surface area contributed by atoms with E-state index >= 15 is 0 Å². The first-order chi connectivity index (χ1) is 14.6. The van der Waals surface area contributed by atoms with Crippen LogP contribution in [0.25, 0.3) is 11.0 Å². The van der Waals surface area contributed by atoms with Crippen LogP contribution in [0.3, 0.4) is 0 Å². The highest BCUT2D eigenvalue weighted by atomic mass is 16.7. The van der Waals surface area contributed by atoms with Gasteiger partial charge in [0.1, 0.15) is 5.58 Å². The lowest BCUT2D eigenvalue weighted by Crippen LogP contribution is -2.49. The van der Waals surface area contributed by atoms with E-state index in [-0.39, 0.29) is 29.3 Å². The highest BCUT2D eigenvalue weighted by molar-refractivity contribution is 6.50. The lowest BCUT2D eigenvalue weighted by atomic mass is 9.37. The molecule has 2 heterocycles. The van der Waals surface area contributed by atoms with Gasteiger partial charge in [-0.05, 0) is 76.5 Å². The molecule has 0 spiro atoms. The Morgan fingerprint density at radius 2 is 1.58 bits per heavy atom. The zero-order valence-corrected chi connectivity index (χ0v) is 19.6. The minimum Gasteiger partial charge on any atom is -0.423 e. The number of hydrogen-bond acceptors (Lipinski definition) is 4. The molecule has 0 amide bonds. The molecule has 1 aromatic heterocycles. The Balaban J connectivity index is 1.45. The first-order valence-corrected chi connectivity index (χ1v) is 12.0. The average molecular weight is 422 g/mol. The van der Waals surface area contributed by atoms with Gasteiger partial charge in [-0.2, -0.15) is 0 Å². The maximum atomic E-state index is 11.9. The fraction of sp³-hybridized carbons (Fsp3) is 0.654. The molecule has 2 aliphatic carbocycles. The summed E-state index contributed by atoms with van der Waals surface area (Å²) >= 11 is 0. The molecule has 5 heteroatoms. The number of aryl methyl sites for hydroxylation is 1. The van der Waals surface area contributed by atoms with Gasteiger partial charge in [0.2, 0.25) is 0 Å². The van der Waals surface area contributed by atoms with Gasteiger partial charge >= 0.3 is 12.7 Å². The number of benzene rings is 1. The summed E-state index contributed by atoms with van der Waals surface area (Å²) in [6.07, 6.45) is 8.70.